The number of carbonyl (C=O) groups excluding carboxylic acids is 2. The van der Waals surface area contributed by atoms with Crippen LogP contribution in [0.3, 0.4) is 0 Å². The second-order valence-electron chi connectivity index (χ2n) is 5.94. The molecule has 0 aromatic carbocycles. The Bertz CT molecular complexity index is 601. The Morgan fingerprint density at radius 3 is 2.32 bits per heavy atom. The van der Waals surface area contributed by atoms with Crippen molar-refractivity contribution in [3.63, 3.8) is 0 Å². The Morgan fingerprint density at radius 2 is 1.91 bits per heavy atom. The standard InChI is InChI=1S/C13H19N4O4S/c1-12(2,3)20-10(19)13(4,5)21-17-8(9(14)18)7-6-22-11(15)16-7/h6,14H,1-5H3,(H2,15,16). The number of thiazole rings is 1. The molecule has 0 unspecified atom stereocenters. The highest BCUT2D eigenvalue weighted by Crippen LogP contribution is 2.19. The van der Waals surface area contributed by atoms with Crippen molar-refractivity contribution in [2.75, 3.05) is 5.73 Å². The van der Waals surface area contributed by atoms with Gasteiger partial charge in [-0.15, -0.1) is 11.3 Å². The fraction of sp³-hybridized carbons (Fsp3) is 0.538. The molecule has 3 N–H and O–H groups in total. The zero-order valence-corrected chi connectivity index (χ0v) is 13.9. The van der Waals surface area contributed by atoms with Crippen LogP contribution in [0.5, 0.6) is 0 Å². The summed E-state index contributed by atoms with van der Waals surface area (Å²) in [6.07, 6.45) is 0. The number of nitrogens with one attached hydrogen (secondary N) is 1. The third kappa shape index (κ3) is 4.99. The molecular weight excluding hydrogens is 308 g/mol. The van der Waals surface area contributed by atoms with E-state index in [0.717, 1.165) is 11.3 Å². The largest absolute Gasteiger partial charge is 0.457 e. The van der Waals surface area contributed by atoms with Gasteiger partial charge in [0.25, 0.3) is 5.91 Å². The predicted octanol–water partition coefficient (Wildman–Crippen LogP) is 1.38. The van der Waals surface area contributed by atoms with Gasteiger partial charge in [0.2, 0.25) is 5.60 Å². The summed E-state index contributed by atoms with van der Waals surface area (Å²) in [5.41, 5.74) is 10.4. The number of ether oxygens (including phenoxy) is 1. The Balaban J connectivity index is 2.94. The van der Waals surface area contributed by atoms with Gasteiger partial charge in [-0.05, 0) is 34.6 Å². The van der Waals surface area contributed by atoms with Gasteiger partial charge in [-0.25, -0.2) is 9.78 Å². The molecular formula is C13H19N4O4S. The molecule has 121 valence electrons. The van der Waals surface area contributed by atoms with E-state index in [1.807, 2.05) is 0 Å². The number of aromatic nitrogens is 1. The van der Waals surface area contributed by atoms with Gasteiger partial charge < -0.3 is 15.3 Å². The third-order valence-corrected chi connectivity index (χ3v) is 2.91. The quantitative estimate of drug-likeness (QED) is 0.494. The van der Waals surface area contributed by atoms with E-state index >= 15 is 0 Å². The van der Waals surface area contributed by atoms with Crippen LogP contribution < -0.4 is 11.5 Å². The minimum absolute atomic E-state index is 0.127. The molecule has 0 saturated carbocycles. The summed E-state index contributed by atoms with van der Waals surface area (Å²) in [4.78, 5) is 32.3. The molecule has 1 rings (SSSR count). The molecule has 1 aromatic heterocycles. The lowest BCUT2D eigenvalue weighted by Crippen LogP contribution is -2.40. The molecule has 0 saturated heterocycles. The van der Waals surface area contributed by atoms with Crippen LogP contribution >= 0.6 is 11.3 Å². The van der Waals surface area contributed by atoms with Crippen molar-refractivity contribution in [1.82, 2.24) is 10.7 Å². The van der Waals surface area contributed by atoms with Gasteiger partial charge in [-0.3, -0.25) is 10.5 Å². The average Bonchev–Trinajstić information content (AvgIpc) is 2.73. The summed E-state index contributed by atoms with van der Waals surface area (Å²) in [6, 6.07) is 0. The lowest BCUT2D eigenvalue weighted by molar-refractivity contribution is -0.179. The molecule has 0 bridgehead atoms. The van der Waals surface area contributed by atoms with E-state index in [4.69, 9.17) is 21.0 Å². The minimum atomic E-state index is -1.42. The molecule has 0 aliphatic carbocycles. The van der Waals surface area contributed by atoms with E-state index in [9.17, 15) is 9.59 Å². The molecule has 1 radical (unpaired) electrons. The number of nitrogen functional groups attached to an aromatic ring is 1. The van der Waals surface area contributed by atoms with Crippen LogP contribution in [0.15, 0.2) is 10.5 Å². The first kappa shape index (κ1) is 17.9. The molecule has 8 nitrogen and oxygen atoms in total. The number of rotatable bonds is 5. The highest BCUT2D eigenvalue weighted by molar-refractivity contribution is 7.13. The third-order valence-electron chi connectivity index (χ3n) is 2.24. The number of amides is 1. The monoisotopic (exact) mass is 327 g/mol. The second-order valence-corrected chi connectivity index (χ2v) is 6.83. The van der Waals surface area contributed by atoms with Crippen molar-refractivity contribution in [2.45, 2.75) is 45.8 Å². The van der Waals surface area contributed by atoms with Gasteiger partial charge in [0.05, 0.1) is 0 Å². The predicted molar refractivity (Wildman–Crippen MR) is 82.2 cm³/mol. The highest BCUT2D eigenvalue weighted by atomic mass is 32.1. The summed E-state index contributed by atoms with van der Waals surface area (Å²) in [7, 11) is 0. The highest BCUT2D eigenvalue weighted by Gasteiger charge is 2.35. The van der Waals surface area contributed by atoms with Crippen molar-refractivity contribution >= 4 is 34.1 Å². The second kappa shape index (κ2) is 6.30. The molecule has 1 amide bonds. The first-order valence-corrected chi connectivity index (χ1v) is 7.27. The number of carbonyl (C=O) groups is 2. The van der Waals surface area contributed by atoms with E-state index in [-0.39, 0.29) is 16.5 Å². The Labute approximate surface area is 132 Å². The minimum Gasteiger partial charge on any atom is -0.457 e. The van der Waals surface area contributed by atoms with Crippen molar-refractivity contribution < 1.29 is 19.2 Å². The fourth-order valence-electron chi connectivity index (χ4n) is 1.20. The Morgan fingerprint density at radius 1 is 1.32 bits per heavy atom. The maximum Gasteiger partial charge on any atom is 0.353 e. The van der Waals surface area contributed by atoms with Gasteiger partial charge in [-0.2, -0.15) is 0 Å². The van der Waals surface area contributed by atoms with Crippen LogP contribution in [0, 0.1) is 0 Å². The van der Waals surface area contributed by atoms with Gasteiger partial charge in [0, 0.05) is 5.38 Å². The lowest BCUT2D eigenvalue weighted by Gasteiger charge is -2.26. The summed E-state index contributed by atoms with van der Waals surface area (Å²) in [6.45, 7) is 8.07. The van der Waals surface area contributed by atoms with Gasteiger partial charge in [0.15, 0.2) is 10.8 Å². The Hall–Kier alpha value is -2.16. The maximum absolute atomic E-state index is 12.0. The maximum atomic E-state index is 12.0. The van der Waals surface area contributed by atoms with Gasteiger partial charge in [0.1, 0.15) is 11.3 Å². The lowest BCUT2D eigenvalue weighted by atomic mass is 10.1. The van der Waals surface area contributed by atoms with E-state index in [0.29, 0.717) is 0 Å². The van der Waals surface area contributed by atoms with E-state index < -0.39 is 23.1 Å². The molecule has 9 heteroatoms. The topological polar surface area (TPSA) is 128 Å². The van der Waals surface area contributed by atoms with E-state index in [1.165, 1.54) is 19.2 Å². The molecule has 0 atom stereocenters. The molecule has 0 fully saturated rings. The SMILES string of the molecule is CC(C)(C)OC(=O)C(C)(C)ON=C(C([NH])=O)c1csc(N)n1. The van der Waals surface area contributed by atoms with Gasteiger partial charge in [-0.1, -0.05) is 5.16 Å². The van der Waals surface area contributed by atoms with Crippen molar-refractivity contribution in [3.05, 3.63) is 11.1 Å². The first-order valence-electron chi connectivity index (χ1n) is 6.39. The van der Waals surface area contributed by atoms with Crippen molar-refractivity contribution in [2.24, 2.45) is 5.16 Å². The van der Waals surface area contributed by atoms with Gasteiger partial charge >= 0.3 is 5.97 Å². The zero-order chi connectivity index (χ0) is 17.1. The summed E-state index contributed by atoms with van der Waals surface area (Å²) in [5.74, 6) is -1.73. The number of nitrogens with zero attached hydrogens (tertiary/aromatic N) is 2. The summed E-state index contributed by atoms with van der Waals surface area (Å²) in [5, 5.41) is 5.31. The van der Waals surface area contributed by atoms with E-state index in [1.54, 1.807) is 20.8 Å². The molecule has 1 heterocycles. The van der Waals surface area contributed by atoms with Crippen LogP contribution in [0.2, 0.25) is 0 Å². The zero-order valence-electron chi connectivity index (χ0n) is 13.1. The van der Waals surface area contributed by atoms with Crippen LogP contribution in [0.25, 0.3) is 0 Å². The molecule has 1 aromatic rings. The Kier molecular flexibility index (Phi) is 5.13. The average molecular weight is 327 g/mol. The molecule has 22 heavy (non-hydrogen) atoms. The molecule has 0 aliphatic heterocycles. The summed E-state index contributed by atoms with van der Waals surface area (Å²) < 4.78 is 5.21. The smallest absolute Gasteiger partial charge is 0.353 e. The number of hydrogen-bond donors (Lipinski definition) is 1. The van der Waals surface area contributed by atoms with Crippen molar-refractivity contribution in [1.29, 1.82) is 0 Å². The van der Waals surface area contributed by atoms with Crippen LogP contribution in [0.1, 0.15) is 40.3 Å². The number of hydrogen-bond acceptors (Lipinski definition) is 8. The van der Waals surface area contributed by atoms with Crippen molar-refractivity contribution in [3.8, 4) is 0 Å². The number of esters is 1. The number of nitrogens with two attached hydrogens (primary N) is 1. The van der Waals surface area contributed by atoms with Crippen LogP contribution in [-0.2, 0) is 19.2 Å². The van der Waals surface area contributed by atoms with E-state index in [2.05, 4.69) is 10.1 Å². The molecule has 0 spiro atoms. The normalized spacial score (nSPS) is 12.9. The van der Waals surface area contributed by atoms with Crippen LogP contribution in [-0.4, -0.2) is 33.8 Å². The summed E-state index contributed by atoms with van der Waals surface area (Å²) >= 11 is 1.10. The first-order chi connectivity index (χ1) is 9.92. The molecule has 0 aliphatic rings. The van der Waals surface area contributed by atoms with Crippen LogP contribution in [0.4, 0.5) is 5.13 Å². The fourth-order valence-corrected chi connectivity index (χ4v) is 1.75. The number of oxime groups is 1. The number of anilines is 1.